The van der Waals surface area contributed by atoms with E-state index in [0.29, 0.717) is 6.04 Å². The molecule has 1 aromatic carbocycles. The first-order valence-electron chi connectivity index (χ1n) is 6.19. The van der Waals surface area contributed by atoms with Gasteiger partial charge >= 0.3 is 0 Å². The predicted octanol–water partition coefficient (Wildman–Crippen LogP) is 1.96. The van der Waals surface area contributed by atoms with E-state index >= 15 is 0 Å². The zero-order valence-electron chi connectivity index (χ0n) is 10.7. The summed E-state index contributed by atoms with van der Waals surface area (Å²) in [5.41, 5.74) is 2.63. The molecule has 3 nitrogen and oxygen atoms in total. The summed E-state index contributed by atoms with van der Waals surface area (Å²) in [4.78, 5) is 13.5. The quantitative estimate of drug-likeness (QED) is 0.845. The number of nitrogens with zero attached hydrogens (tertiary/aromatic N) is 1. The van der Waals surface area contributed by atoms with Gasteiger partial charge in [0.15, 0.2) is 0 Å². The summed E-state index contributed by atoms with van der Waals surface area (Å²) >= 11 is 0. The molecular formula is C14H20N2O. The Morgan fingerprint density at radius 3 is 2.76 bits per heavy atom. The monoisotopic (exact) mass is 232 g/mol. The third kappa shape index (κ3) is 2.60. The molecule has 17 heavy (non-hydrogen) atoms. The average Bonchev–Trinajstić information content (AvgIpc) is 2.27. The largest absolute Gasteiger partial charge is 0.367 e. The van der Waals surface area contributed by atoms with Gasteiger partial charge in [-0.1, -0.05) is 18.2 Å². The van der Waals surface area contributed by atoms with Crippen molar-refractivity contribution < 1.29 is 4.79 Å². The van der Waals surface area contributed by atoms with Crippen molar-refractivity contribution in [1.82, 2.24) is 5.32 Å². The number of hydrogen-bond donors (Lipinski definition) is 1. The molecule has 0 spiro atoms. The van der Waals surface area contributed by atoms with Crippen molar-refractivity contribution in [2.45, 2.75) is 39.3 Å². The molecule has 1 N–H and O–H groups in total. The van der Waals surface area contributed by atoms with E-state index in [1.807, 2.05) is 0 Å². The average molecular weight is 232 g/mol. The minimum atomic E-state index is 0.0538. The van der Waals surface area contributed by atoms with E-state index in [-0.39, 0.29) is 11.9 Å². The fourth-order valence-electron chi connectivity index (χ4n) is 2.50. The molecule has 1 atom stereocenters. The van der Waals surface area contributed by atoms with Crippen LogP contribution in [0.5, 0.6) is 0 Å². The highest BCUT2D eigenvalue weighted by atomic mass is 16.1. The second kappa shape index (κ2) is 4.78. The highest BCUT2D eigenvalue weighted by Crippen LogP contribution is 2.28. The number of nitrogens with one attached hydrogen (secondary N) is 1. The van der Waals surface area contributed by atoms with Crippen molar-refractivity contribution in [3.05, 3.63) is 29.8 Å². The lowest BCUT2D eigenvalue weighted by Crippen LogP contribution is -2.49. The Kier molecular flexibility index (Phi) is 3.36. The van der Waals surface area contributed by atoms with Crippen molar-refractivity contribution in [2.24, 2.45) is 0 Å². The summed E-state index contributed by atoms with van der Waals surface area (Å²) in [6, 6.07) is 9.14. The third-order valence-electron chi connectivity index (χ3n) is 3.22. The van der Waals surface area contributed by atoms with E-state index in [4.69, 9.17) is 0 Å². The summed E-state index contributed by atoms with van der Waals surface area (Å²) in [6.07, 6.45) is 0.930. The van der Waals surface area contributed by atoms with Crippen LogP contribution in [0.1, 0.15) is 26.3 Å². The van der Waals surface area contributed by atoms with Crippen molar-refractivity contribution in [3.63, 3.8) is 0 Å². The van der Waals surface area contributed by atoms with Crippen LogP contribution in [0.3, 0.4) is 0 Å². The maximum atomic E-state index is 11.2. The number of hydrogen-bond acceptors (Lipinski definition) is 2. The Morgan fingerprint density at radius 1 is 1.41 bits per heavy atom. The number of fused-ring (bicyclic) bond motifs is 1. The van der Waals surface area contributed by atoms with Crippen LogP contribution < -0.4 is 10.2 Å². The summed E-state index contributed by atoms with van der Waals surface area (Å²) in [6.45, 7) is 6.86. The van der Waals surface area contributed by atoms with Crippen LogP contribution in [0.15, 0.2) is 24.3 Å². The Labute approximate surface area is 103 Å². The number of benzene rings is 1. The van der Waals surface area contributed by atoms with Crippen molar-refractivity contribution >= 4 is 11.6 Å². The Morgan fingerprint density at radius 2 is 2.12 bits per heavy atom. The van der Waals surface area contributed by atoms with E-state index in [1.54, 1.807) is 6.92 Å². The lowest BCUT2D eigenvalue weighted by atomic mass is 9.96. The first-order chi connectivity index (χ1) is 8.08. The van der Waals surface area contributed by atoms with Gasteiger partial charge in [-0.25, -0.2) is 0 Å². The number of amides is 1. The number of para-hydroxylation sites is 1. The number of carbonyl (C=O) groups is 1. The van der Waals surface area contributed by atoms with Gasteiger partial charge in [0.2, 0.25) is 5.91 Å². The fraction of sp³-hybridized carbons (Fsp3) is 0.500. The standard InChI is InChI=1S/C14H20N2O/c1-10(2)16-9-13(15-11(3)17)8-12-6-4-5-7-14(12)16/h4-7,10,13H,8-9H2,1-3H3,(H,15,17). The lowest BCUT2D eigenvalue weighted by molar-refractivity contribution is -0.119. The minimum Gasteiger partial charge on any atom is -0.367 e. The molecule has 2 rings (SSSR count). The van der Waals surface area contributed by atoms with Gasteiger partial charge in [0.05, 0.1) is 6.04 Å². The third-order valence-corrected chi connectivity index (χ3v) is 3.22. The molecule has 3 heteroatoms. The van der Waals surface area contributed by atoms with E-state index in [1.165, 1.54) is 11.3 Å². The fourth-order valence-corrected chi connectivity index (χ4v) is 2.50. The first kappa shape index (κ1) is 12.0. The molecule has 0 bridgehead atoms. The van der Waals surface area contributed by atoms with Crippen LogP contribution in [-0.4, -0.2) is 24.5 Å². The maximum absolute atomic E-state index is 11.2. The lowest BCUT2D eigenvalue weighted by Gasteiger charge is -2.39. The molecule has 0 fully saturated rings. The molecule has 1 heterocycles. The highest BCUT2D eigenvalue weighted by Gasteiger charge is 2.25. The molecule has 0 saturated heterocycles. The van der Waals surface area contributed by atoms with Crippen LogP contribution in [0.25, 0.3) is 0 Å². The van der Waals surface area contributed by atoms with Crippen LogP contribution in [0.4, 0.5) is 5.69 Å². The molecule has 0 aromatic heterocycles. The predicted molar refractivity (Wildman–Crippen MR) is 70.2 cm³/mol. The summed E-state index contributed by atoms with van der Waals surface area (Å²) < 4.78 is 0. The number of rotatable bonds is 2. The molecule has 1 aliphatic heterocycles. The van der Waals surface area contributed by atoms with Gasteiger partial charge in [-0.2, -0.15) is 0 Å². The summed E-state index contributed by atoms with van der Waals surface area (Å²) in [5, 5.41) is 3.03. The molecular weight excluding hydrogens is 212 g/mol. The van der Waals surface area contributed by atoms with Gasteiger partial charge in [-0.05, 0) is 31.9 Å². The molecule has 1 unspecified atom stereocenters. The van der Waals surface area contributed by atoms with Gasteiger partial charge in [0.25, 0.3) is 0 Å². The Bertz CT molecular complexity index is 414. The van der Waals surface area contributed by atoms with Crippen molar-refractivity contribution in [2.75, 3.05) is 11.4 Å². The second-order valence-electron chi connectivity index (χ2n) is 4.98. The second-order valence-corrected chi connectivity index (χ2v) is 4.98. The molecule has 0 radical (unpaired) electrons. The van der Waals surface area contributed by atoms with Gasteiger partial charge in [-0.15, -0.1) is 0 Å². The van der Waals surface area contributed by atoms with Crippen LogP contribution in [-0.2, 0) is 11.2 Å². The Balaban J connectivity index is 2.26. The molecule has 0 saturated carbocycles. The van der Waals surface area contributed by atoms with Crippen LogP contribution >= 0.6 is 0 Å². The zero-order valence-corrected chi connectivity index (χ0v) is 10.7. The summed E-state index contributed by atoms with van der Waals surface area (Å²) in [7, 11) is 0. The maximum Gasteiger partial charge on any atom is 0.217 e. The molecule has 1 amide bonds. The Hall–Kier alpha value is -1.51. The minimum absolute atomic E-state index is 0.0538. The first-order valence-corrected chi connectivity index (χ1v) is 6.19. The van der Waals surface area contributed by atoms with Crippen LogP contribution in [0.2, 0.25) is 0 Å². The van der Waals surface area contributed by atoms with E-state index in [9.17, 15) is 4.79 Å². The van der Waals surface area contributed by atoms with Gasteiger partial charge in [-0.3, -0.25) is 4.79 Å². The summed E-state index contributed by atoms with van der Waals surface area (Å²) in [5.74, 6) is 0.0538. The van der Waals surface area contributed by atoms with Crippen LogP contribution in [0, 0.1) is 0 Å². The van der Waals surface area contributed by atoms with Gasteiger partial charge in [0, 0.05) is 25.2 Å². The van der Waals surface area contributed by atoms with E-state index in [0.717, 1.165) is 13.0 Å². The SMILES string of the molecule is CC(=O)NC1Cc2ccccc2N(C(C)C)C1. The highest BCUT2D eigenvalue weighted by molar-refractivity contribution is 5.73. The van der Waals surface area contributed by atoms with Crippen molar-refractivity contribution in [1.29, 1.82) is 0 Å². The van der Waals surface area contributed by atoms with E-state index in [2.05, 4.69) is 48.3 Å². The number of carbonyl (C=O) groups excluding carboxylic acids is 1. The van der Waals surface area contributed by atoms with E-state index < -0.39 is 0 Å². The van der Waals surface area contributed by atoms with Crippen molar-refractivity contribution in [3.8, 4) is 0 Å². The normalized spacial score (nSPS) is 19.1. The molecule has 1 aromatic rings. The molecule has 92 valence electrons. The smallest absolute Gasteiger partial charge is 0.217 e. The topological polar surface area (TPSA) is 32.3 Å². The molecule has 0 aliphatic carbocycles. The number of anilines is 1. The molecule has 1 aliphatic rings. The zero-order chi connectivity index (χ0) is 12.4. The van der Waals surface area contributed by atoms with Gasteiger partial charge in [0.1, 0.15) is 0 Å². The van der Waals surface area contributed by atoms with Gasteiger partial charge < -0.3 is 10.2 Å².